The molecule has 1 N–H and O–H groups in total. The van der Waals surface area contributed by atoms with Crippen LogP contribution >= 0.6 is 15.9 Å². The molecule has 7 heteroatoms. The molecule has 0 aromatic rings. The second kappa shape index (κ2) is 6.98. The summed E-state index contributed by atoms with van der Waals surface area (Å²) in [5.74, 6) is 0. The van der Waals surface area contributed by atoms with Gasteiger partial charge in [0.25, 0.3) is 0 Å². The van der Waals surface area contributed by atoms with Crippen LogP contribution in [0.5, 0.6) is 0 Å². The molecule has 120 valence electrons. The van der Waals surface area contributed by atoms with E-state index in [0.29, 0.717) is 13.2 Å². The number of alkyl carbamates (subject to hydrolysis) is 1. The molecule has 0 saturated carbocycles. The second-order valence-electron chi connectivity index (χ2n) is 6.32. The highest BCUT2D eigenvalue weighted by Crippen LogP contribution is 2.25. The van der Waals surface area contributed by atoms with Crippen molar-refractivity contribution in [2.24, 2.45) is 0 Å². The van der Waals surface area contributed by atoms with Gasteiger partial charge in [0, 0.05) is 30.4 Å². The highest BCUT2D eigenvalue weighted by atomic mass is 79.9. The van der Waals surface area contributed by atoms with Gasteiger partial charge in [-0.1, -0.05) is 15.9 Å². The van der Waals surface area contributed by atoms with Crippen LogP contribution in [0.1, 0.15) is 27.2 Å². The van der Waals surface area contributed by atoms with Gasteiger partial charge in [-0.3, -0.25) is 0 Å². The molecule has 0 aliphatic carbocycles. The van der Waals surface area contributed by atoms with Gasteiger partial charge in [-0.15, -0.1) is 0 Å². The van der Waals surface area contributed by atoms with Crippen molar-refractivity contribution in [1.29, 1.82) is 0 Å². The number of nitrogens with zero attached hydrogens (tertiary/aromatic N) is 2. The smallest absolute Gasteiger partial charge is 0.407 e. The van der Waals surface area contributed by atoms with E-state index in [2.05, 4.69) is 37.5 Å². The summed E-state index contributed by atoms with van der Waals surface area (Å²) in [7, 11) is 0. The summed E-state index contributed by atoms with van der Waals surface area (Å²) in [4.78, 5) is 11.4. The highest BCUT2D eigenvalue weighted by Gasteiger charge is 2.32. The topological polar surface area (TPSA) is 54.0 Å². The molecule has 0 spiro atoms. The Bertz CT molecular complexity index is 409. The van der Waals surface area contributed by atoms with Crippen LogP contribution in [0.25, 0.3) is 0 Å². The molecule has 0 bridgehead atoms. The first kappa shape index (κ1) is 16.6. The molecule has 2 aliphatic heterocycles. The number of hydrogen-bond donors (Lipinski definition) is 1. The Morgan fingerprint density at radius 3 is 2.90 bits per heavy atom. The number of nitrogens with one attached hydrogen (secondary N) is 1. The van der Waals surface area contributed by atoms with Crippen LogP contribution in [0.15, 0.2) is 10.7 Å². The van der Waals surface area contributed by atoms with E-state index in [-0.39, 0.29) is 12.2 Å². The van der Waals surface area contributed by atoms with Gasteiger partial charge in [0.15, 0.2) is 0 Å². The monoisotopic (exact) mass is 361 g/mol. The Hall–Kier alpha value is -0.790. The fourth-order valence-electron chi connectivity index (χ4n) is 2.32. The molecule has 2 heterocycles. The Morgan fingerprint density at radius 1 is 1.48 bits per heavy atom. The number of amides is 1. The van der Waals surface area contributed by atoms with E-state index in [4.69, 9.17) is 9.47 Å². The van der Waals surface area contributed by atoms with Gasteiger partial charge in [0.2, 0.25) is 0 Å². The number of halogens is 1. The Kier molecular flexibility index (Phi) is 5.51. The van der Waals surface area contributed by atoms with E-state index in [1.165, 1.54) is 4.48 Å². The van der Waals surface area contributed by atoms with Crippen LogP contribution in [0.2, 0.25) is 0 Å². The van der Waals surface area contributed by atoms with Crippen molar-refractivity contribution in [1.82, 2.24) is 15.3 Å². The van der Waals surface area contributed by atoms with E-state index in [1.807, 2.05) is 20.8 Å². The molecule has 0 aromatic carbocycles. The lowest BCUT2D eigenvalue weighted by atomic mass is 10.2. The first-order valence-electron chi connectivity index (χ1n) is 7.29. The zero-order valence-electron chi connectivity index (χ0n) is 12.9. The lowest BCUT2D eigenvalue weighted by molar-refractivity contribution is 0.0493. The minimum absolute atomic E-state index is 0.239. The molecule has 1 atom stereocenters. The normalized spacial score (nSPS) is 22.2. The third-order valence-electron chi connectivity index (χ3n) is 3.13. The van der Waals surface area contributed by atoms with Gasteiger partial charge in [-0.05, 0) is 27.2 Å². The summed E-state index contributed by atoms with van der Waals surface area (Å²) < 4.78 is 12.2. The number of carbonyl (C=O) groups is 1. The van der Waals surface area contributed by atoms with Gasteiger partial charge >= 0.3 is 6.09 Å². The lowest BCUT2D eigenvalue weighted by Gasteiger charge is -2.19. The van der Waals surface area contributed by atoms with Gasteiger partial charge in [0.1, 0.15) is 5.60 Å². The van der Waals surface area contributed by atoms with Crippen molar-refractivity contribution in [3.63, 3.8) is 0 Å². The molecule has 1 saturated heterocycles. The maximum Gasteiger partial charge on any atom is 0.407 e. The first-order chi connectivity index (χ1) is 9.83. The zero-order valence-corrected chi connectivity index (χ0v) is 14.5. The van der Waals surface area contributed by atoms with E-state index in [1.54, 1.807) is 0 Å². The molecule has 0 aromatic heterocycles. The molecule has 0 radical (unpaired) electrons. The molecule has 1 unspecified atom stereocenters. The highest BCUT2D eigenvalue weighted by molar-refractivity contribution is 9.11. The molecule has 21 heavy (non-hydrogen) atoms. The number of carbonyl (C=O) groups excluding carboxylic acids is 1. The molecule has 2 aliphatic rings. The summed E-state index contributed by atoms with van der Waals surface area (Å²) in [5, 5.41) is 7.18. The van der Waals surface area contributed by atoms with Crippen LogP contribution in [-0.4, -0.2) is 60.6 Å². The van der Waals surface area contributed by atoms with E-state index < -0.39 is 5.60 Å². The average Bonchev–Trinajstić information content (AvgIpc) is 2.82. The molecule has 1 fully saturated rings. The molecular weight excluding hydrogens is 338 g/mol. The average molecular weight is 362 g/mol. The summed E-state index contributed by atoms with van der Waals surface area (Å²) in [5.41, 5.74) is -0.451. The molecular formula is C14H24BrN3O3. The van der Waals surface area contributed by atoms with Gasteiger partial charge in [0.05, 0.1) is 19.2 Å². The molecule has 2 rings (SSSR count). The third kappa shape index (κ3) is 5.48. The van der Waals surface area contributed by atoms with Crippen LogP contribution in [-0.2, 0) is 9.47 Å². The quantitative estimate of drug-likeness (QED) is 0.759. The first-order valence-corrected chi connectivity index (χ1v) is 8.09. The molecule has 6 nitrogen and oxygen atoms in total. The summed E-state index contributed by atoms with van der Waals surface area (Å²) in [6.45, 7) is 9.52. The zero-order chi connectivity index (χ0) is 15.5. The minimum atomic E-state index is -0.451. The van der Waals surface area contributed by atoms with Gasteiger partial charge < -0.3 is 19.8 Å². The van der Waals surface area contributed by atoms with Crippen LogP contribution in [0.3, 0.4) is 0 Å². The predicted octanol–water partition coefficient (Wildman–Crippen LogP) is 2.07. The number of hydrazine groups is 1. The fraction of sp³-hybridized carbons (Fsp3) is 0.786. The van der Waals surface area contributed by atoms with Crippen molar-refractivity contribution in [3.05, 3.63) is 10.7 Å². The number of fused-ring (bicyclic) bond motifs is 1. The van der Waals surface area contributed by atoms with Gasteiger partial charge in [-0.2, -0.15) is 0 Å². The molecule has 1 amide bonds. The van der Waals surface area contributed by atoms with E-state index in [9.17, 15) is 4.79 Å². The maximum absolute atomic E-state index is 11.4. The number of ether oxygens (including phenoxy) is 2. The van der Waals surface area contributed by atoms with Crippen LogP contribution < -0.4 is 5.32 Å². The summed E-state index contributed by atoms with van der Waals surface area (Å²) in [6, 6.07) is 0. The van der Waals surface area contributed by atoms with Crippen LogP contribution in [0, 0.1) is 0 Å². The van der Waals surface area contributed by atoms with Crippen molar-refractivity contribution in [2.45, 2.75) is 38.9 Å². The van der Waals surface area contributed by atoms with E-state index >= 15 is 0 Å². The van der Waals surface area contributed by atoms with Gasteiger partial charge in [-0.25, -0.2) is 9.80 Å². The van der Waals surface area contributed by atoms with Crippen molar-refractivity contribution in [2.75, 3.05) is 32.8 Å². The number of hydrogen-bond acceptors (Lipinski definition) is 5. The van der Waals surface area contributed by atoms with Crippen molar-refractivity contribution < 1.29 is 14.3 Å². The van der Waals surface area contributed by atoms with E-state index in [0.717, 1.165) is 26.1 Å². The standard InChI is InChI=1S/C14H24BrN3O3/c1-14(2,3)21-13(19)16-5-4-6-20-12-9-17-7-11(15)8-18(17)10-12/h7,12H,4-6,8-10H2,1-3H3,(H,16,19). The van der Waals surface area contributed by atoms with Crippen molar-refractivity contribution in [3.8, 4) is 0 Å². The van der Waals surface area contributed by atoms with Crippen molar-refractivity contribution >= 4 is 22.0 Å². The Balaban J connectivity index is 1.52. The Morgan fingerprint density at radius 2 is 2.24 bits per heavy atom. The third-order valence-corrected chi connectivity index (χ3v) is 3.59. The Labute approximate surface area is 134 Å². The second-order valence-corrected chi connectivity index (χ2v) is 7.34. The maximum atomic E-state index is 11.4. The summed E-state index contributed by atoms with van der Waals surface area (Å²) >= 11 is 3.51. The number of rotatable bonds is 5. The minimum Gasteiger partial charge on any atom is -0.444 e. The van der Waals surface area contributed by atoms with Crippen LogP contribution in [0.4, 0.5) is 4.79 Å². The fourth-order valence-corrected chi connectivity index (χ4v) is 2.85. The summed E-state index contributed by atoms with van der Waals surface area (Å²) in [6.07, 6.45) is 2.76. The lowest BCUT2D eigenvalue weighted by Crippen LogP contribution is -2.33. The largest absolute Gasteiger partial charge is 0.444 e. The predicted molar refractivity (Wildman–Crippen MR) is 83.9 cm³/mol. The SMILES string of the molecule is CC(C)(C)OC(=O)NCCCOC1CN2C=C(Br)CN2C1.